The van der Waals surface area contributed by atoms with Crippen LogP contribution < -0.4 is 20.6 Å². The smallest absolute Gasteiger partial charge is 0.464 e. The number of aromatic nitrogens is 4. The third-order valence-electron chi connectivity index (χ3n) is 6.18. The van der Waals surface area contributed by atoms with Crippen LogP contribution in [0, 0.1) is 6.92 Å². The predicted octanol–water partition coefficient (Wildman–Crippen LogP) is 4.84. The molecule has 2 heterocycles. The van der Waals surface area contributed by atoms with E-state index in [1.165, 1.54) is 24.5 Å². The van der Waals surface area contributed by atoms with E-state index in [-0.39, 0.29) is 24.5 Å². The van der Waals surface area contributed by atoms with Crippen molar-refractivity contribution in [2.24, 2.45) is 0 Å². The summed E-state index contributed by atoms with van der Waals surface area (Å²) in [6, 6.07) is 3.26. The van der Waals surface area contributed by atoms with Crippen molar-refractivity contribution in [2.45, 2.75) is 78.6 Å². The average Bonchev–Trinajstić information content (AvgIpc) is 3.28. The summed E-state index contributed by atoms with van der Waals surface area (Å²) in [5.74, 6) is -0.725. The number of rotatable bonds is 14. The summed E-state index contributed by atoms with van der Waals surface area (Å²) in [6.07, 6.45) is -2.15. The molecule has 0 saturated heterocycles. The number of carbonyl (C=O) groups excluding carboxylic acids is 1. The Morgan fingerprint density at radius 3 is 2.55 bits per heavy atom. The molecule has 16 heteroatoms. The number of anilines is 1. The van der Waals surface area contributed by atoms with Gasteiger partial charge in [-0.1, -0.05) is 13.0 Å². The van der Waals surface area contributed by atoms with E-state index in [4.69, 9.17) is 15.2 Å². The minimum absolute atomic E-state index is 0.198. The number of aryl methyl sites for hydroxylation is 1. The monoisotopic (exact) mass is 615 g/mol. The molecule has 232 valence electrons. The fraction of sp³-hybridized carbons (Fsp3) is 0.538. The van der Waals surface area contributed by atoms with E-state index in [2.05, 4.69) is 29.9 Å². The zero-order chi connectivity index (χ0) is 31.3. The SMILES string of the molecule is CCCOC(=O)C(C)(C)N[P@](=O)(CO[C@H](C)Cn1cnc2c(N)ncnc21)N[C@H](C)c1ccc(OC(F)(F)F)cc1C. The van der Waals surface area contributed by atoms with Crippen LogP contribution in [0.3, 0.4) is 0 Å². The van der Waals surface area contributed by atoms with Gasteiger partial charge in [0.1, 0.15) is 29.5 Å². The normalized spacial score (nSPS) is 15.3. The van der Waals surface area contributed by atoms with Crippen LogP contribution in [0.25, 0.3) is 11.2 Å². The zero-order valence-electron chi connectivity index (χ0n) is 24.4. The van der Waals surface area contributed by atoms with Crippen LogP contribution in [0.4, 0.5) is 19.0 Å². The maximum atomic E-state index is 14.3. The minimum Gasteiger partial charge on any atom is -0.464 e. The van der Waals surface area contributed by atoms with Crippen molar-refractivity contribution in [3.63, 3.8) is 0 Å². The van der Waals surface area contributed by atoms with Gasteiger partial charge in [-0.3, -0.25) is 9.36 Å². The highest BCUT2D eigenvalue weighted by atomic mass is 31.2. The maximum absolute atomic E-state index is 14.3. The fourth-order valence-electron chi connectivity index (χ4n) is 4.28. The third kappa shape index (κ3) is 8.87. The molecule has 0 spiro atoms. The molecule has 0 fully saturated rings. The summed E-state index contributed by atoms with van der Waals surface area (Å²) in [7, 11) is -3.72. The maximum Gasteiger partial charge on any atom is 0.573 e. The number of nitrogens with one attached hydrogen (secondary N) is 2. The Morgan fingerprint density at radius 2 is 1.90 bits per heavy atom. The average molecular weight is 616 g/mol. The number of fused-ring (bicyclic) bond motifs is 1. The molecule has 0 aliphatic carbocycles. The van der Waals surface area contributed by atoms with Crippen molar-refractivity contribution in [3.05, 3.63) is 42.0 Å². The molecule has 0 bridgehead atoms. The number of ether oxygens (including phenoxy) is 3. The van der Waals surface area contributed by atoms with Gasteiger partial charge in [0, 0.05) is 6.04 Å². The number of hydrogen-bond donors (Lipinski definition) is 3. The highest BCUT2D eigenvalue weighted by molar-refractivity contribution is 7.59. The summed E-state index contributed by atoms with van der Waals surface area (Å²) in [4.78, 5) is 25.1. The second kappa shape index (κ2) is 13.4. The molecular formula is C26H37F3N7O5P. The molecule has 1 aromatic carbocycles. The molecule has 4 N–H and O–H groups in total. The van der Waals surface area contributed by atoms with Gasteiger partial charge in [-0.15, -0.1) is 13.2 Å². The van der Waals surface area contributed by atoms with Gasteiger partial charge in [-0.25, -0.2) is 25.1 Å². The lowest BCUT2D eigenvalue weighted by molar-refractivity contribution is -0.274. The molecular weight excluding hydrogens is 578 g/mol. The summed E-state index contributed by atoms with van der Waals surface area (Å²) < 4.78 is 69.4. The van der Waals surface area contributed by atoms with Gasteiger partial charge < -0.3 is 24.5 Å². The minimum atomic E-state index is -4.83. The van der Waals surface area contributed by atoms with Crippen molar-refractivity contribution in [3.8, 4) is 5.75 Å². The number of imidazole rings is 1. The number of benzene rings is 1. The first-order valence-corrected chi connectivity index (χ1v) is 15.2. The molecule has 12 nitrogen and oxygen atoms in total. The third-order valence-corrected chi connectivity index (χ3v) is 8.41. The van der Waals surface area contributed by atoms with E-state index in [0.29, 0.717) is 35.3 Å². The second-order valence-corrected chi connectivity index (χ2v) is 12.7. The molecule has 3 rings (SSSR count). The Hall–Kier alpha value is -3.26. The lowest BCUT2D eigenvalue weighted by Crippen LogP contribution is -2.49. The first-order chi connectivity index (χ1) is 19.5. The van der Waals surface area contributed by atoms with E-state index >= 15 is 0 Å². The Bertz CT molecular complexity index is 1430. The Morgan fingerprint density at radius 1 is 1.19 bits per heavy atom. The van der Waals surface area contributed by atoms with E-state index < -0.39 is 37.5 Å². The number of nitrogen functional groups attached to an aromatic ring is 1. The van der Waals surface area contributed by atoms with E-state index in [1.807, 2.05) is 6.92 Å². The number of nitrogens with zero attached hydrogens (tertiary/aromatic N) is 4. The van der Waals surface area contributed by atoms with Gasteiger partial charge in [0.25, 0.3) is 0 Å². The molecule has 0 aliphatic rings. The van der Waals surface area contributed by atoms with Gasteiger partial charge in [0.15, 0.2) is 11.5 Å². The highest BCUT2D eigenvalue weighted by Crippen LogP contribution is 2.43. The summed E-state index contributed by atoms with van der Waals surface area (Å²) in [5.41, 5.74) is 6.52. The first-order valence-electron chi connectivity index (χ1n) is 13.3. The lowest BCUT2D eigenvalue weighted by atomic mass is 10.0. The van der Waals surface area contributed by atoms with Crippen molar-refractivity contribution < 1.29 is 36.7 Å². The van der Waals surface area contributed by atoms with Crippen molar-refractivity contribution in [1.29, 1.82) is 0 Å². The Labute approximate surface area is 242 Å². The van der Waals surface area contributed by atoms with Crippen molar-refractivity contribution in [2.75, 3.05) is 18.7 Å². The molecule has 2 aromatic heterocycles. The van der Waals surface area contributed by atoms with Crippen LogP contribution >= 0.6 is 7.44 Å². The molecule has 0 unspecified atom stereocenters. The van der Waals surface area contributed by atoms with Crippen LogP contribution in [-0.4, -0.2) is 56.4 Å². The van der Waals surface area contributed by atoms with Crippen LogP contribution in [0.2, 0.25) is 0 Å². The van der Waals surface area contributed by atoms with E-state index in [9.17, 15) is 22.5 Å². The Kier molecular flexibility index (Phi) is 10.6. The fourth-order valence-corrected chi connectivity index (χ4v) is 6.71. The van der Waals surface area contributed by atoms with Gasteiger partial charge >= 0.3 is 12.3 Å². The number of esters is 1. The first kappa shape index (κ1) is 33.2. The number of nitrogens with two attached hydrogens (primary N) is 1. The van der Waals surface area contributed by atoms with Crippen LogP contribution in [0.1, 0.15) is 58.2 Å². The van der Waals surface area contributed by atoms with E-state index in [1.54, 1.807) is 45.5 Å². The van der Waals surface area contributed by atoms with Crippen LogP contribution in [-0.2, 0) is 25.4 Å². The van der Waals surface area contributed by atoms with Gasteiger partial charge in [0.2, 0.25) is 7.44 Å². The standard InChI is InChI=1S/C26H37F3N7O5P/c1-7-10-39-24(37)25(5,6)35-42(38,34-18(4)20-9-8-19(11-16(20)2)41-26(27,28)29)15-40-17(3)12-36-14-33-21-22(30)31-13-32-23(21)36/h8-9,11,13-14,17-18H,7,10,12,15H2,1-6H3,(H2,30,31,32)(H2,34,35,38)/t17-,18-,42+/m1/s1. The molecule has 42 heavy (non-hydrogen) atoms. The summed E-state index contributed by atoms with van der Waals surface area (Å²) in [6.45, 7) is 10.5. The van der Waals surface area contributed by atoms with Crippen LogP contribution in [0.15, 0.2) is 30.9 Å². The predicted molar refractivity (Wildman–Crippen MR) is 151 cm³/mol. The quantitative estimate of drug-likeness (QED) is 0.168. The largest absolute Gasteiger partial charge is 0.573 e. The number of carbonyl (C=O) groups is 1. The summed E-state index contributed by atoms with van der Waals surface area (Å²) in [5, 5.41) is 5.94. The van der Waals surface area contributed by atoms with Gasteiger partial charge in [-0.2, -0.15) is 0 Å². The van der Waals surface area contributed by atoms with Crippen molar-refractivity contribution >= 4 is 30.4 Å². The van der Waals surface area contributed by atoms with E-state index in [0.717, 1.165) is 0 Å². The highest BCUT2D eigenvalue weighted by Gasteiger charge is 2.39. The Balaban J connectivity index is 1.80. The number of alkyl halides is 3. The molecule has 0 radical (unpaired) electrons. The van der Waals surface area contributed by atoms with Gasteiger partial charge in [-0.05, 0) is 64.3 Å². The van der Waals surface area contributed by atoms with Gasteiger partial charge in [0.05, 0.1) is 25.6 Å². The number of hydrogen-bond acceptors (Lipinski definition) is 9. The topological polar surface area (TPSA) is 156 Å². The molecule has 3 atom stereocenters. The molecule has 0 amide bonds. The molecule has 0 aliphatic heterocycles. The van der Waals surface area contributed by atoms with Crippen molar-refractivity contribution in [1.82, 2.24) is 29.7 Å². The summed E-state index contributed by atoms with van der Waals surface area (Å²) >= 11 is 0. The zero-order valence-corrected chi connectivity index (χ0v) is 25.3. The second-order valence-electron chi connectivity index (χ2n) is 10.5. The van der Waals surface area contributed by atoms with Crippen LogP contribution in [0.5, 0.6) is 5.75 Å². The molecule has 3 aromatic rings. The molecule has 0 saturated carbocycles. The number of halogens is 3. The lowest BCUT2D eigenvalue weighted by Gasteiger charge is -2.33.